The molecule has 1 aliphatic heterocycles. The molecule has 0 bridgehead atoms. The molecule has 4 nitrogen and oxygen atoms in total. The van der Waals surface area contributed by atoms with Gasteiger partial charge in [-0.05, 0) is 23.1 Å². The minimum atomic E-state index is -0.325. The van der Waals surface area contributed by atoms with Crippen LogP contribution in [0.4, 0.5) is 4.79 Å². The van der Waals surface area contributed by atoms with Gasteiger partial charge in [-0.3, -0.25) is 0 Å². The van der Waals surface area contributed by atoms with Gasteiger partial charge in [0.05, 0.1) is 0 Å². The number of carbonyl (C=O) groups excluding carboxylic acids is 1. The molecular weight excluding hydrogens is 320 g/mol. The standard InChI is InChI=1S/C19H25N2O2S/c1-19(2,3)15-4-6-17(7-5-15)24-12-8-16(9-13-24)23-18(22)21-11-10-20-14-21/h4-7,10-11,14,16H,8-9,12-13H2,1-3H3/q+1. The van der Waals surface area contributed by atoms with E-state index in [1.807, 2.05) is 0 Å². The minimum absolute atomic E-state index is 0.0255. The highest BCUT2D eigenvalue weighted by atomic mass is 32.2. The van der Waals surface area contributed by atoms with E-state index in [9.17, 15) is 4.79 Å². The van der Waals surface area contributed by atoms with Crippen molar-refractivity contribution in [2.75, 3.05) is 11.5 Å². The minimum Gasteiger partial charge on any atom is -0.445 e. The zero-order valence-electron chi connectivity index (χ0n) is 14.6. The summed E-state index contributed by atoms with van der Waals surface area (Å²) in [5, 5.41) is 0. The highest BCUT2D eigenvalue weighted by Crippen LogP contribution is 2.27. The lowest BCUT2D eigenvalue weighted by Crippen LogP contribution is -2.31. The summed E-state index contributed by atoms with van der Waals surface area (Å²) in [7, 11) is 0.274. The molecule has 1 aromatic heterocycles. The van der Waals surface area contributed by atoms with Crippen molar-refractivity contribution in [1.82, 2.24) is 9.55 Å². The van der Waals surface area contributed by atoms with Crippen LogP contribution < -0.4 is 0 Å². The number of ether oxygens (including phenoxy) is 1. The third kappa shape index (κ3) is 4.01. The van der Waals surface area contributed by atoms with Crippen molar-refractivity contribution < 1.29 is 9.53 Å². The van der Waals surface area contributed by atoms with Crippen LogP contribution in [0.1, 0.15) is 39.2 Å². The second kappa shape index (κ2) is 7.01. The van der Waals surface area contributed by atoms with Gasteiger partial charge in [0.25, 0.3) is 0 Å². The highest BCUT2D eigenvalue weighted by Gasteiger charge is 2.32. The largest absolute Gasteiger partial charge is 0.445 e. The Bertz CT molecular complexity index is 666. The molecule has 0 unspecified atom stereocenters. The maximum absolute atomic E-state index is 12.0. The molecule has 2 aromatic rings. The summed E-state index contributed by atoms with van der Waals surface area (Å²) >= 11 is 0. The van der Waals surface area contributed by atoms with Crippen LogP contribution in [-0.2, 0) is 21.0 Å². The van der Waals surface area contributed by atoms with Gasteiger partial charge < -0.3 is 4.74 Å². The van der Waals surface area contributed by atoms with Crippen molar-refractivity contribution >= 4 is 17.0 Å². The van der Waals surface area contributed by atoms with Crippen LogP contribution in [0.2, 0.25) is 0 Å². The van der Waals surface area contributed by atoms with E-state index in [-0.39, 0.29) is 28.5 Å². The predicted octanol–water partition coefficient (Wildman–Crippen LogP) is 4.01. The Morgan fingerprint density at radius 1 is 1.21 bits per heavy atom. The molecule has 1 fully saturated rings. The van der Waals surface area contributed by atoms with Crippen LogP contribution in [-0.4, -0.2) is 33.3 Å². The second-order valence-corrected chi connectivity index (χ2v) is 9.50. The number of aromatic nitrogens is 2. The number of benzene rings is 1. The smallest absolute Gasteiger partial charge is 0.419 e. The third-order valence-electron chi connectivity index (χ3n) is 4.41. The maximum Gasteiger partial charge on any atom is 0.419 e. The van der Waals surface area contributed by atoms with Gasteiger partial charge in [-0.15, -0.1) is 0 Å². The van der Waals surface area contributed by atoms with Gasteiger partial charge in [-0.1, -0.05) is 32.9 Å². The molecule has 0 N–H and O–H groups in total. The van der Waals surface area contributed by atoms with Gasteiger partial charge >= 0.3 is 6.09 Å². The summed E-state index contributed by atoms with van der Waals surface area (Å²) in [5.74, 6) is 2.19. The Balaban J connectivity index is 1.54. The zero-order valence-corrected chi connectivity index (χ0v) is 15.4. The molecule has 1 aliphatic rings. The second-order valence-electron chi connectivity index (χ2n) is 7.23. The molecule has 128 valence electrons. The predicted molar refractivity (Wildman–Crippen MR) is 97.6 cm³/mol. The molecule has 1 saturated heterocycles. The van der Waals surface area contributed by atoms with Crippen molar-refractivity contribution in [3.05, 3.63) is 48.5 Å². The number of carbonyl (C=O) groups is 1. The number of hydrogen-bond acceptors (Lipinski definition) is 3. The summed E-state index contributed by atoms with van der Waals surface area (Å²) in [4.78, 5) is 17.3. The molecule has 0 radical (unpaired) electrons. The van der Waals surface area contributed by atoms with E-state index in [1.54, 1.807) is 12.4 Å². The molecule has 0 amide bonds. The van der Waals surface area contributed by atoms with E-state index in [0.717, 1.165) is 24.3 Å². The van der Waals surface area contributed by atoms with Crippen molar-refractivity contribution in [2.45, 2.75) is 50.0 Å². The van der Waals surface area contributed by atoms with Gasteiger partial charge in [0, 0.05) is 36.1 Å². The number of imidazole rings is 1. The molecule has 24 heavy (non-hydrogen) atoms. The first-order valence-electron chi connectivity index (χ1n) is 8.40. The highest BCUT2D eigenvalue weighted by molar-refractivity contribution is 7.96. The lowest BCUT2D eigenvalue weighted by Gasteiger charge is -2.23. The van der Waals surface area contributed by atoms with Crippen molar-refractivity contribution in [1.29, 1.82) is 0 Å². The quantitative estimate of drug-likeness (QED) is 0.773. The van der Waals surface area contributed by atoms with E-state index >= 15 is 0 Å². The SMILES string of the molecule is CC(C)(C)c1ccc([S+]2CCC(OC(=O)n3ccnc3)CC2)cc1. The zero-order chi connectivity index (χ0) is 17.2. The van der Waals surface area contributed by atoms with E-state index in [1.165, 1.54) is 21.4 Å². The van der Waals surface area contributed by atoms with Crippen LogP contribution in [0.15, 0.2) is 47.9 Å². The van der Waals surface area contributed by atoms with Crippen LogP contribution in [0.3, 0.4) is 0 Å². The molecule has 3 rings (SSSR count). The monoisotopic (exact) mass is 345 g/mol. The Morgan fingerprint density at radius 2 is 1.88 bits per heavy atom. The van der Waals surface area contributed by atoms with Crippen LogP contribution in [0, 0.1) is 0 Å². The van der Waals surface area contributed by atoms with Crippen LogP contribution >= 0.6 is 0 Å². The van der Waals surface area contributed by atoms with Crippen molar-refractivity contribution in [3.8, 4) is 0 Å². The maximum atomic E-state index is 12.0. The molecule has 0 atom stereocenters. The first-order valence-corrected chi connectivity index (χ1v) is 9.97. The number of nitrogens with zero attached hydrogens (tertiary/aromatic N) is 2. The van der Waals surface area contributed by atoms with Crippen LogP contribution in [0.25, 0.3) is 0 Å². The van der Waals surface area contributed by atoms with Crippen molar-refractivity contribution in [3.63, 3.8) is 0 Å². The average Bonchev–Trinajstić information content (AvgIpc) is 3.09. The topological polar surface area (TPSA) is 44.1 Å². The van der Waals surface area contributed by atoms with Crippen molar-refractivity contribution in [2.24, 2.45) is 0 Å². The number of rotatable bonds is 2. The summed E-state index contributed by atoms with van der Waals surface area (Å²) < 4.78 is 6.96. The molecule has 2 heterocycles. The van der Waals surface area contributed by atoms with E-state index in [2.05, 4.69) is 50.0 Å². The summed E-state index contributed by atoms with van der Waals surface area (Å²) in [6.45, 7) is 6.72. The lowest BCUT2D eigenvalue weighted by molar-refractivity contribution is 0.0937. The van der Waals surface area contributed by atoms with Gasteiger partial charge in [0.2, 0.25) is 0 Å². The molecule has 5 heteroatoms. The summed E-state index contributed by atoms with van der Waals surface area (Å²) in [6, 6.07) is 9.07. The third-order valence-corrected chi connectivity index (χ3v) is 6.80. The summed E-state index contributed by atoms with van der Waals surface area (Å²) in [6.07, 6.45) is 6.25. The molecule has 0 saturated carbocycles. The average molecular weight is 345 g/mol. The fourth-order valence-electron chi connectivity index (χ4n) is 2.87. The fraction of sp³-hybridized carbons (Fsp3) is 0.474. The molecule has 0 aliphatic carbocycles. The van der Waals surface area contributed by atoms with Gasteiger partial charge in [0.1, 0.15) is 23.9 Å². The van der Waals surface area contributed by atoms with E-state index < -0.39 is 0 Å². The summed E-state index contributed by atoms with van der Waals surface area (Å²) in [5.41, 5.74) is 1.57. The van der Waals surface area contributed by atoms with E-state index in [0.29, 0.717) is 0 Å². The van der Waals surface area contributed by atoms with E-state index in [4.69, 9.17) is 4.74 Å². The Morgan fingerprint density at radius 3 is 2.42 bits per heavy atom. The molecule has 0 spiro atoms. The normalized spacial score (nSPS) is 21.5. The van der Waals surface area contributed by atoms with Gasteiger partial charge in [-0.2, -0.15) is 0 Å². The first-order chi connectivity index (χ1) is 11.4. The molecule has 1 aromatic carbocycles. The van der Waals surface area contributed by atoms with Gasteiger partial charge in [0.15, 0.2) is 4.90 Å². The fourth-order valence-corrected chi connectivity index (χ4v) is 5.16. The lowest BCUT2D eigenvalue weighted by atomic mass is 9.87. The first kappa shape index (κ1) is 17.1. The number of hydrogen-bond donors (Lipinski definition) is 0. The Labute approximate surface area is 146 Å². The Kier molecular flexibility index (Phi) is 4.99. The molecular formula is C19H25N2O2S+. The van der Waals surface area contributed by atoms with Gasteiger partial charge in [-0.25, -0.2) is 14.3 Å². The Hall–Kier alpha value is -1.75. The van der Waals surface area contributed by atoms with Crippen LogP contribution in [0.5, 0.6) is 0 Å².